The van der Waals surface area contributed by atoms with Crippen LogP contribution in [0.5, 0.6) is 0 Å². The normalized spacial score (nSPS) is 13.4. The molecule has 1 aliphatic carbocycles. The fraction of sp³-hybridized carbons (Fsp3) is 0.0625. The molecule has 0 saturated carbocycles. The van der Waals surface area contributed by atoms with Crippen molar-refractivity contribution in [2.75, 3.05) is 0 Å². The molecule has 0 bridgehead atoms. The van der Waals surface area contributed by atoms with Crippen molar-refractivity contribution in [3.63, 3.8) is 0 Å². The summed E-state index contributed by atoms with van der Waals surface area (Å²) in [6, 6.07) is 30.4. The van der Waals surface area contributed by atoms with E-state index in [1.54, 1.807) is 18.2 Å². The van der Waals surface area contributed by atoms with Crippen molar-refractivity contribution < 1.29 is 38.4 Å². The summed E-state index contributed by atoms with van der Waals surface area (Å²) in [6.45, 7) is 2.85. The molecule has 2 heterocycles. The van der Waals surface area contributed by atoms with Gasteiger partial charge in [0.2, 0.25) is 0 Å². The quantitative estimate of drug-likeness (QED) is 0.117. The number of aliphatic hydroxyl groups is 1. The fourth-order valence-corrected chi connectivity index (χ4v) is 7.14. The van der Waals surface area contributed by atoms with Gasteiger partial charge in [-0.2, -0.15) is 0 Å². The number of hydrogen-bond acceptors (Lipinski definition) is 5. The molecule has 39 heavy (non-hydrogen) atoms. The second-order valence-electron chi connectivity index (χ2n) is 9.29. The maximum atomic E-state index is 13.4. The first-order valence-corrected chi connectivity index (χ1v) is 13.6. The Morgan fingerprint density at radius 2 is 1.46 bits per heavy atom. The third kappa shape index (κ3) is 4.33. The largest absolute Gasteiger partial charge is 0.512 e. The van der Waals surface area contributed by atoms with E-state index < -0.39 is 9.84 Å². The number of pyridine rings is 1. The van der Waals surface area contributed by atoms with Crippen LogP contribution in [0.1, 0.15) is 13.8 Å². The maximum absolute atomic E-state index is 13.4. The Bertz CT molecular complexity index is 1940. The van der Waals surface area contributed by atoms with Gasteiger partial charge in [0, 0.05) is 31.6 Å². The first-order valence-electron chi connectivity index (χ1n) is 12.1. The van der Waals surface area contributed by atoms with Gasteiger partial charge in [-0.25, -0.2) is 8.42 Å². The zero-order valence-electron chi connectivity index (χ0n) is 21.0. The van der Waals surface area contributed by atoms with Gasteiger partial charge in [0.15, 0.2) is 15.6 Å². The van der Waals surface area contributed by atoms with E-state index >= 15 is 0 Å². The molecule has 0 atom stereocenters. The van der Waals surface area contributed by atoms with Crippen LogP contribution in [0.2, 0.25) is 0 Å². The van der Waals surface area contributed by atoms with E-state index in [1.165, 1.54) is 31.1 Å². The van der Waals surface area contributed by atoms with Crippen molar-refractivity contribution in [1.82, 2.24) is 4.98 Å². The number of sulfone groups is 1. The Morgan fingerprint density at radius 1 is 0.821 bits per heavy atom. The van der Waals surface area contributed by atoms with Gasteiger partial charge in [0.05, 0.1) is 16.2 Å². The molecule has 5 nitrogen and oxygen atoms in total. The number of fused-ring (bicyclic) bond motifs is 6. The van der Waals surface area contributed by atoms with Gasteiger partial charge in [-0.1, -0.05) is 66.2 Å². The Kier molecular flexibility index (Phi) is 6.85. The first-order chi connectivity index (χ1) is 18.3. The third-order valence-corrected chi connectivity index (χ3v) is 8.59. The Balaban J connectivity index is 0.000000345. The summed E-state index contributed by atoms with van der Waals surface area (Å²) in [5.74, 6) is -0.0625. The molecule has 1 aromatic heterocycles. The van der Waals surface area contributed by atoms with E-state index in [9.17, 15) is 13.2 Å². The van der Waals surface area contributed by atoms with Crippen LogP contribution in [-0.2, 0) is 34.7 Å². The molecule has 4 aromatic carbocycles. The smallest absolute Gasteiger partial charge is 0.173 e. The molecule has 5 aromatic rings. The molecule has 0 spiro atoms. The van der Waals surface area contributed by atoms with Gasteiger partial charge in [-0.15, -0.1) is 23.8 Å². The van der Waals surface area contributed by atoms with Gasteiger partial charge in [0.25, 0.3) is 0 Å². The van der Waals surface area contributed by atoms with Crippen molar-refractivity contribution in [3.05, 3.63) is 103 Å². The molecule has 195 valence electrons. The molecule has 0 unspecified atom stereocenters. The van der Waals surface area contributed by atoms with Crippen LogP contribution in [-0.4, -0.2) is 24.3 Å². The summed E-state index contributed by atoms with van der Waals surface area (Å²) in [7, 11) is -3.64. The minimum Gasteiger partial charge on any atom is -0.512 e. The fourth-order valence-electron chi connectivity index (χ4n) is 5.30. The molecular formula is C32H22IrNO4S-. The number of carbonyl (C=O) groups excluding carboxylic acids is 1. The second-order valence-corrected chi connectivity index (χ2v) is 11.1. The van der Waals surface area contributed by atoms with Crippen molar-refractivity contribution >= 4 is 26.5 Å². The van der Waals surface area contributed by atoms with Gasteiger partial charge in [-0.3, -0.25) is 9.78 Å². The first kappa shape index (κ1) is 26.7. The summed E-state index contributed by atoms with van der Waals surface area (Å²) in [4.78, 5) is 15.6. The summed E-state index contributed by atoms with van der Waals surface area (Å²) >= 11 is 0. The Hall–Kier alpha value is -3.90. The molecule has 2 aliphatic rings. The summed E-state index contributed by atoms with van der Waals surface area (Å²) in [5, 5.41) is 9.48. The van der Waals surface area contributed by atoms with E-state index in [1.807, 2.05) is 48.5 Å². The molecule has 7 rings (SSSR count). The molecule has 0 fully saturated rings. The van der Waals surface area contributed by atoms with Crippen molar-refractivity contribution in [2.24, 2.45) is 0 Å². The molecule has 0 amide bonds. The van der Waals surface area contributed by atoms with Crippen LogP contribution in [0.25, 0.3) is 55.5 Å². The van der Waals surface area contributed by atoms with Crippen molar-refractivity contribution in [1.29, 1.82) is 0 Å². The van der Waals surface area contributed by atoms with Crippen molar-refractivity contribution in [3.8, 4) is 44.6 Å². The number of hydrogen-bond donors (Lipinski definition) is 1. The molecule has 1 radical (unpaired) electrons. The number of carbonyl (C=O) groups is 1. The van der Waals surface area contributed by atoms with Gasteiger partial charge in [0.1, 0.15) is 0 Å². The molecular weight excluding hydrogens is 687 g/mol. The molecule has 1 N–H and O–H groups in total. The monoisotopic (exact) mass is 709 g/mol. The van der Waals surface area contributed by atoms with Crippen LogP contribution in [0, 0.1) is 6.07 Å². The Labute approximate surface area is 240 Å². The molecule has 1 aliphatic heterocycles. The van der Waals surface area contributed by atoms with Crippen LogP contribution >= 0.6 is 0 Å². The van der Waals surface area contributed by atoms with Crippen LogP contribution < -0.4 is 0 Å². The predicted octanol–water partition coefficient (Wildman–Crippen LogP) is 7.20. The number of aliphatic hydroxyl groups excluding tert-OH is 1. The number of rotatable bonds is 2. The van der Waals surface area contributed by atoms with Crippen LogP contribution in [0.3, 0.4) is 0 Å². The zero-order valence-corrected chi connectivity index (χ0v) is 24.2. The number of allylic oxidation sites excluding steroid dienone is 2. The van der Waals surface area contributed by atoms with Gasteiger partial charge >= 0.3 is 0 Å². The number of benzene rings is 4. The average Bonchev–Trinajstić information content (AvgIpc) is 3.35. The summed E-state index contributed by atoms with van der Waals surface area (Å²) in [6.07, 6.45) is 1.17. The third-order valence-electron chi connectivity index (χ3n) is 6.69. The number of aromatic nitrogens is 1. The minimum absolute atomic E-state index is 0. The Morgan fingerprint density at radius 3 is 2.13 bits per heavy atom. The summed E-state index contributed by atoms with van der Waals surface area (Å²) in [5.41, 5.74) is 8.07. The predicted molar refractivity (Wildman–Crippen MR) is 148 cm³/mol. The van der Waals surface area contributed by atoms with Crippen LogP contribution in [0.4, 0.5) is 0 Å². The van der Waals surface area contributed by atoms with E-state index in [0.29, 0.717) is 21.0 Å². The van der Waals surface area contributed by atoms with Gasteiger partial charge in [-0.05, 0) is 64.4 Å². The SMILES string of the molecule is CC(=O)C=C(C)O.O=S1(=O)c2ccccc2-c2cc[c-]c(-c3cc4c5c(cccc5n3)-c3ccccc3-4)c21.[Ir]. The molecule has 0 saturated heterocycles. The average molecular weight is 709 g/mol. The van der Waals surface area contributed by atoms with Gasteiger partial charge < -0.3 is 5.11 Å². The topological polar surface area (TPSA) is 84.3 Å². The minimum atomic E-state index is -3.64. The zero-order chi connectivity index (χ0) is 26.6. The van der Waals surface area contributed by atoms with E-state index in [2.05, 4.69) is 24.3 Å². The van der Waals surface area contributed by atoms with E-state index in [4.69, 9.17) is 10.1 Å². The number of nitrogens with zero attached hydrogens (tertiary/aromatic N) is 1. The standard InChI is InChI=1S/C27H14NO2S.C5H8O2.Ir/c29-31(30)25-14-4-3-9-18(25)20-11-5-12-21(27(20)31)24-15-22-17-8-2-1-7-16(17)19-10-6-13-23(28-24)26(19)22;1-4(6)3-5(2)7;/h1-11,13-15H;3,6H,1-2H3;/q-1;;. The summed E-state index contributed by atoms with van der Waals surface area (Å²) < 4.78 is 26.9. The number of ketones is 1. The van der Waals surface area contributed by atoms with Crippen molar-refractivity contribution in [2.45, 2.75) is 23.6 Å². The second kappa shape index (κ2) is 10.0. The molecule has 7 heteroatoms. The van der Waals surface area contributed by atoms with Crippen LogP contribution in [0.15, 0.2) is 107 Å². The van der Waals surface area contributed by atoms with E-state index in [-0.39, 0.29) is 31.6 Å². The van der Waals surface area contributed by atoms with E-state index in [0.717, 1.165) is 33.2 Å². The maximum Gasteiger partial charge on any atom is 0.173 e.